The maximum absolute atomic E-state index is 11.9. The third-order valence-corrected chi connectivity index (χ3v) is 3.87. The van der Waals surface area contributed by atoms with E-state index in [-0.39, 0.29) is 17.2 Å². The molecule has 1 aliphatic carbocycles. The molecule has 0 atom stereocenters. The number of phenols is 1. The van der Waals surface area contributed by atoms with Crippen molar-refractivity contribution in [1.82, 2.24) is 5.32 Å². The first kappa shape index (κ1) is 12.0. The first-order valence-electron chi connectivity index (χ1n) is 4.93. The average molecular weight is 352 g/mol. The molecule has 1 fully saturated rings. The first-order chi connectivity index (χ1) is 7.56. The van der Waals surface area contributed by atoms with Gasteiger partial charge in [0.05, 0.1) is 11.1 Å². The van der Waals surface area contributed by atoms with E-state index in [1.807, 2.05) is 0 Å². The second kappa shape index (κ2) is 4.41. The molecule has 2 N–H and O–H groups in total. The molecule has 0 spiro atoms. The molecule has 1 aromatic rings. The van der Waals surface area contributed by atoms with Crippen molar-refractivity contribution in [2.24, 2.45) is 0 Å². The number of halogens is 2. The van der Waals surface area contributed by atoms with Gasteiger partial charge in [-0.2, -0.15) is 0 Å². The van der Waals surface area contributed by atoms with Crippen LogP contribution >= 0.6 is 34.2 Å². The summed E-state index contributed by atoms with van der Waals surface area (Å²) in [6.07, 6.45) is 1.82. The van der Waals surface area contributed by atoms with Gasteiger partial charge in [-0.3, -0.25) is 4.79 Å². The highest BCUT2D eigenvalue weighted by Crippen LogP contribution is 2.37. The number of alkyl halides is 1. The van der Waals surface area contributed by atoms with E-state index in [1.165, 1.54) is 6.07 Å². The summed E-state index contributed by atoms with van der Waals surface area (Å²) in [7, 11) is 0. The van der Waals surface area contributed by atoms with Crippen molar-refractivity contribution in [3.63, 3.8) is 0 Å². The maximum Gasteiger partial charge on any atom is 0.255 e. The Hall–Kier alpha value is -0.490. The third kappa shape index (κ3) is 2.43. The smallest absolute Gasteiger partial charge is 0.255 e. The van der Waals surface area contributed by atoms with Gasteiger partial charge in [0.2, 0.25) is 0 Å². The van der Waals surface area contributed by atoms with Crippen molar-refractivity contribution in [2.75, 3.05) is 5.88 Å². The van der Waals surface area contributed by atoms with Crippen molar-refractivity contribution in [3.05, 3.63) is 27.3 Å². The molecule has 0 radical (unpaired) electrons. The number of nitrogens with one attached hydrogen (secondary N) is 1. The molecule has 1 amide bonds. The zero-order chi connectivity index (χ0) is 11.8. The van der Waals surface area contributed by atoms with E-state index in [0.29, 0.717) is 11.4 Å². The first-order valence-corrected chi connectivity index (χ1v) is 6.55. The van der Waals surface area contributed by atoms with Crippen molar-refractivity contribution in [1.29, 1.82) is 0 Å². The fourth-order valence-electron chi connectivity index (χ4n) is 1.44. The molecular weight excluding hydrogens is 340 g/mol. The number of hydrogen-bond donors (Lipinski definition) is 2. The summed E-state index contributed by atoms with van der Waals surface area (Å²) in [5.41, 5.74) is 0.0649. The van der Waals surface area contributed by atoms with Gasteiger partial charge in [0.15, 0.2) is 0 Å². The Morgan fingerprint density at radius 1 is 1.56 bits per heavy atom. The maximum atomic E-state index is 11.9. The lowest BCUT2D eigenvalue weighted by Crippen LogP contribution is -2.38. The van der Waals surface area contributed by atoms with Gasteiger partial charge in [-0.25, -0.2) is 0 Å². The predicted molar refractivity (Wildman–Crippen MR) is 71.0 cm³/mol. The van der Waals surface area contributed by atoms with Crippen LogP contribution in [0.1, 0.15) is 23.2 Å². The van der Waals surface area contributed by atoms with E-state index in [4.69, 9.17) is 11.6 Å². The summed E-state index contributed by atoms with van der Waals surface area (Å²) in [5, 5.41) is 12.5. The second-order valence-corrected chi connectivity index (χ2v) is 5.54. The van der Waals surface area contributed by atoms with Crippen LogP contribution in [0.25, 0.3) is 0 Å². The minimum atomic E-state index is -0.255. The molecule has 1 aromatic carbocycles. The van der Waals surface area contributed by atoms with E-state index in [9.17, 15) is 9.90 Å². The highest BCUT2D eigenvalue weighted by Gasteiger charge is 2.43. The molecule has 0 aromatic heterocycles. The van der Waals surface area contributed by atoms with E-state index in [0.717, 1.165) is 16.4 Å². The average Bonchev–Trinajstić information content (AvgIpc) is 3.02. The van der Waals surface area contributed by atoms with Crippen molar-refractivity contribution >= 4 is 40.1 Å². The van der Waals surface area contributed by atoms with Crippen molar-refractivity contribution in [3.8, 4) is 5.75 Å². The van der Waals surface area contributed by atoms with Gasteiger partial charge in [0.1, 0.15) is 5.75 Å². The normalized spacial score (nSPS) is 16.9. The molecule has 2 rings (SSSR count). The Morgan fingerprint density at radius 2 is 2.25 bits per heavy atom. The quantitative estimate of drug-likeness (QED) is 0.649. The number of rotatable bonds is 3. The van der Waals surface area contributed by atoms with E-state index < -0.39 is 0 Å². The molecule has 16 heavy (non-hydrogen) atoms. The van der Waals surface area contributed by atoms with Crippen molar-refractivity contribution in [2.45, 2.75) is 18.4 Å². The molecule has 0 bridgehead atoms. The molecule has 86 valence electrons. The van der Waals surface area contributed by atoms with Gasteiger partial charge in [-0.15, -0.1) is 11.6 Å². The summed E-state index contributed by atoms with van der Waals surface area (Å²) in [5.74, 6) is 0.168. The van der Waals surface area contributed by atoms with Crippen LogP contribution in [0.15, 0.2) is 18.2 Å². The van der Waals surface area contributed by atoms with Crippen molar-refractivity contribution < 1.29 is 9.90 Å². The summed E-state index contributed by atoms with van der Waals surface area (Å²) in [6, 6.07) is 4.94. The van der Waals surface area contributed by atoms with Crippen LogP contribution in [0.5, 0.6) is 5.75 Å². The lowest BCUT2D eigenvalue weighted by Gasteiger charge is -2.14. The van der Waals surface area contributed by atoms with Crippen LogP contribution < -0.4 is 5.32 Å². The Morgan fingerprint density at radius 3 is 2.81 bits per heavy atom. The van der Waals surface area contributed by atoms with Crippen LogP contribution in [-0.4, -0.2) is 22.4 Å². The second-order valence-electron chi connectivity index (χ2n) is 4.03. The highest BCUT2D eigenvalue weighted by atomic mass is 127. The number of carbonyl (C=O) groups is 1. The molecule has 0 unspecified atom stereocenters. The molecule has 1 aliphatic rings. The standard InChI is InChI=1S/C11H11ClINO2/c12-6-11(3-4-11)14-10(16)8-5-7(13)1-2-9(8)15/h1-2,5,15H,3-4,6H2,(H,14,16). The van der Waals surface area contributed by atoms with Gasteiger partial charge < -0.3 is 10.4 Å². The number of phenolic OH excluding ortho intramolecular Hbond substituents is 1. The highest BCUT2D eigenvalue weighted by molar-refractivity contribution is 14.1. The number of amides is 1. The van der Waals surface area contributed by atoms with Gasteiger partial charge in [0, 0.05) is 9.45 Å². The topological polar surface area (TPSA) is 49.3 Å². The summed E-state index contributed by atoms with van der Waals surface area (Å²) in [4.78, 5) is 11.9. The Bertz CT molecular complexity index is 432. The fourth-order valence-corrected chi connectivity index (χ4v) is 2.27. The van der Waals surface area contributed by atoms with Gasteiger partial charge in [-0.1, -0.05) is 0 Å². The van der Waals surface area contributed by atoms with E-state index >= 15 is 0 Å². The molecule has 1 saturated carbocycles. The molecule has 0 heterocycles. The minimum Gasteiger partial charge on any atom is -0.507 e. The summed E-state index contributed by atoms with van der Waals surface area (Å²) in [6.45, 7) is 0. The van der Waals surface area contributed by atoms with Gasteiger partial charge >= 0.3 is 0 Å². The van der Waals surface area contributed by atoms with Crippen LogP contribution in [0.2, 0.25) is 0 Å². The summed E-state index contributed by atoms with van der Waals surface area (Å²) >= 11 is 7.88. The number of benzene rings is 1. The molecule has 0 aliphatic heterocycles. The summed E-state index contributed by atoms with van der Waals surface area (Å²) < 4.78 is 0.913. The van der Waals surface area contributed by atoms with Gasteiger partial charge in [0.25, 0.3) is 5.91 Å². The minimum absolute atomic E-state index is 0.00304. The van der Waals surface area contributed by atoms with E-state index in [2.05, 4.69) is 27.9 Å². The Labute approximate surface area is 112 Å². The zero-order valence-electron chi connectivity index (χ0n) is 8.46. The molecule has 0 saturated heterocycles. The fraction of sp³-hybridized carbons (Fsp3) is 0.364. The van der Waals surface area contributed by atoms with Crippen LogP contribution in [0, 0.1) is 3.57 Å². The monoisotopic (exact) mass is 351 g/mol. The molecular formula is C11H11ClINO2. The Balaban J connectivity index is 2.17. The number of aromatic hydroxyl groups is 1. The lowest BCUT2D eigenvalue weighted by atomic mass is 10.1. The molecule has 3 nitrogen and oxygen atoms in total. The number of carbonyl (C=O) groups excluding carboxylic acids is 1. The predicted octanol–water partition coefficient (Wildman–Crippen LogP) is 2.50. The van der Waals surface area contributed by atoms with Crippen LogP contribution in [-0.2, 0) is 0 Å². The zero-order valence-corrected chi connectivity index (χ0v) is 11.4. The third-order valence-electron chi connectivity index (χ3n) is 2.69. The van der Waals surface area contributed by atoms with E-state index in [1.54, 1.807) is 12.1 Å². The molecule has 5 heteroatoms. The lowest BCUT2D eigenvalue weighted by molar-refractivity contribution is 0.0933. The SMILES string of the molecule is O=C(NC1(CCl)CC1)c1cc(I)ccc1O. The number of hydrogen-bond acceptors (Lipinski definition) is 2. The van der Waals surface area contributed by atoms with Crippen LogP contribution in [0.3, 0.4) is 0 Å². The largest absolute Gasteiger partial charge is 0.507 e. The Kier molecular flexibility index (Phi) is 3.30. The van der Waals surface area contributed by atoms with Crippen LogP contribution in [0.4, 0.5) is 0 Å². The van der Waals surface area contributed by atoms with Gasteiger partial charge in [-0.05, 0) is 53.6 Å².